The molecule has 0 spiro atoms. The van der Waals surface area contributed by atoms with Crippen LogP contribution in [0.5, 0.6) is 5.75 Å². The molecule has 0 saturated carbocycles. The Balaban J connectivity index is 2.54. The second-order valence-electron chi connectivity index (χ2n) is 5.63. The Morgan fingerprint density at radius 3 is 2.50 bits per heavy atom. The Bertz CT molecular complexity index is 466. The summed E-state index contributed by atoms with van der Waals surface area (Å²) in [5.74, 6) is 1.24. The number of nitrogens with one attached hydrogen (secondary N) is 1. The van der Waals surface area contributed by atoms with Crippen LogP contribution in [-0.2, 0) is 9.53 Å². The Hall–Kier alpha value is -1.81. The maximum Gasteiger partial charge on any atom is 0.244 e. The number of benzene rings is 1. The molecule has 4 nitrogen and oxygen atoms in total. The number of hydrogen-bond acceptors (Lipinski definition) is 3. The molecule has 1 atom stereocenters. The van der Waals surface area contributed by atoms with Crippen molar-refractivity contribution >= 4 is 12.0 Å². The van der Waals surface area contributed by atoms with Crippen LogP contribution >= 0.6 is 0 Å². The zero-order chi connectivity index (χ0) is 16.4. The maximum atomic E-state index is 12.0. The number of methoxy groups -OCH3 is 1. The molecule has 0 bridgehead atoms. The molecule has 0 radical (unpaired) electrons. The van der Waals surface area contributed by atoms with Crippen molar-refractivity contribution in [2.75, 3.05) is 20.3 Å². The molecule has 1 rings (SSSR count). The summed E-state index contributed by atoms with van der Waals surface area (Å²) >= 11 is 0. The van der Waals surface area contributed by atoms with Crippen LogP contribution in [0.3, 0.4) is 0 Å². The first-order chi connectivity index (χ1) is 10.5. The van der Waals surface area contributed by atoms with Crippen molar-refractivity contribution in [2.45, 2.75) is 33.2 Å². The molecule has 0 aromatic heterocycles. The van der Waals surface area contributed by atoms with Gasteiger partial charge >= 0.3 is 0 Å². The van der Waals surface area contributed by atoms with Crippen LogP contribution in [0.1, 0.15) is 32.8 Å². The van der Waals surface area contributed by atoms with Crippen molar-refractivity contribution in [3.63, 3.8) is 0 Å². The highest BCUT2D eigenvalue weighted by Gasteiger charge is 2.12. The third kappa shape index (κ3) is 7.27. The summed E-state index contributed by atoms with van der Waals surface area (Å²) in [7, 11) is 1.65. The van der Waals surface area contributed by atoms with Crippen molar-refractivity contribution in [1.29, 1.82) is 0 Å². The lowest BCUT2D eigenvalue weighted by atomic mass is 10.0. The Morgan fingerprint density at radius 1 is 1.27 bits per heavy atom. The predicted octanol–water partition coefficient (Wildman–Crippen LogP) is 3.28. The Labute approximate surface area is 133 Å². The Morgan fingerprint density at radius 2 is 1.95 bits per heavy atom. The molecule has 1 N–H and O–H groups in total. The van der Waals surface area contributed by atoms with Gasteiger partial charge in [0.2, 0.25) is 5.91 Å². The lowest BCUT2D eigenvalue weighted by molar-refractivity contribution is -0.117. The van der Waals surface area contributed by atoms with E-state index in [1.54, 1.807) is 19.3 Å². The van der Waals surface area contributed by atoms with Crippen LogP contribution in [0.4, 0.5) is 0 Å². The molecule has 0 aliphatic carbocycles. The number of carbonyl (C=O) groups excluding carboxylic acids is 1. The normalized spacial score (nSPS) is 12.6. The Kier molecular flexibility index (Phi) is 8.30. The van der Waals surface area contributed by atoms with E-state index in [1.807, 2.05) is 31.2 Å². The summed E-state index contributed by atoms with van der Waals surface area (Å²) < 4.78 is 10.5. The van der Waals surface area contributed by atoms with Gasteiger partial charge in [0.05, 0.1) is 19.3 Å². The SMILES string of the molecule is CCOc1ccc(/C=C/C(=O)NC(COC)CC(C)C)cc1. The van der Waals surface area contributed by atoms with E-state index in [1.165, 1.54) is 0 Å². The topological polar surface area (TPSA) is 47.6 Å². The number of carbonyl (C=O) groups is 1. The van der Waals surface area contributed by atoms with Crippen LogP contribution in [0.25, 0.3) is 6.08 Å². The van der Waals surface area contributed by atoms with Crippen LogP contribution < -0.4 is 10.1 Å². The summed E-state index contributed by atoms with van der Waals surface area (Å²) in [5, 5.41) is 2.98. The molecule has 0 heterocycles. The van der Waals surface area contributed by atoms with Gasteiger partial charge in [0, 0.05) is 13.2 Å². The molecule has 0 saturated heterocycles. The van der Waals surface area contributed by atoms with Gasteiger partial charge < -0.3 is 14.8 Å². The van der Waals surface area contributed by atoms with Gasteiger partial charge in [0.25, 0.3) is 0 Å². The molecule has 0 aliphatic rings. The van der Waals surface area contributed by atoms with Crippen LogP contribution in [-0.4, -0.2) is 32.3 Å². The fraction of sp³-hybridized carbons (Fsp3) is 0.500. The highest BCUT2D eigenvalue weighted by Crippen LogP contribution is 2.13. The molecular formula is C18H27NO3. The van der Waals surface area contributed by atoms with Gasteiger partial charge in [0.15, 0.2) is 0 Å². The molecule has 0 fully saturated rings. The minimum Gasteiger partial charge on any atom is -0.494 e. The average molecular weight is 305 g/mol. The maximum absolute atomic E-state index is 12.0. The molecule has 22 heavy (non-hydrogen) atoms. The first-order valence-electron chi connectivity index (χ1n) is 7.75. The summed E-state index contributed by atoms with van der Waals surface area (Å²) in [6.07, 6.45) is 4.25. The minimum atomic E-state index is -0.100. The summed E-state index contributed by atoms with van der Waals surface area (Å²) in [4.78, 5) is 12.0. The van der Waals surface area contributed by atoms with Gasteiger partial charge in [-0.05, 0) is 43.0 Å². The van der Waals surface area contributed by atoms with Gasteiger partial charge in [-0.3, -0.25) is 4.79 Å². The van der Waals surface area contributed by atoms with Crippen molar-refractivity contribution in [2.24, 2.45) is 5.92 Å². The third-order valence-corrected chi connectivity index (χ3v) is 3.09. The van der Waals surface area contributed by atoms with Crippen molar-refractivity contribution in [1.82, 2.24) is 5.32 Å². The number of hydrogen-bond donors (Lipinski definition) is 1. The average Bonchev–Trinajstić information content (AvgIpc) is 2.46. The molecule has 1 aromatic rings. The van der Waals surface area contributed by atoms with Crippen LogP contribution in [0.15, 0.2) is 30.3 Å². The predicted molar refractivity (Wildman–Crippen MR) is 89.9 cm³/mol. The van der Waals surface area contributed by atoms with Crippen LogP contribution in [0, 0.1) is 5.92 Å². The second-order valence-corrected chi connectivity index (χ2v) is 5.63. The van der Waals surface area contributed by atoms with Crippen molar-refractivity contribution in [3.05, 3.63) is 35.9 Å². The molecule has 122 valence electrons. The van der Waals surface area contributed by atoms with E-state index in [2.05, 4.69) is 19.2 Å². The first-order valence-corrected chi connectivity index (χ1v) is 7.75. The highest BCUT2D eigenvalue weighted by molar-refractivity contribution is 5.91. The summed E-state index contributed by atoms with van der Waals surface area (Å²) in [6, 6.07) is 7.69. The van der Waals surface area contributed by atoms with E-state index in [0.717, 1.165) is 17.7 Å². The first kappa shape index (κ1) is 18.2. The third-order valence-electron chi connectivity index (χ3n) is 3.09. The molecule has 4 heteroatoms. The fourth-order valence-corrected chi connectivity index (χ4v) is 2.20. The molecule has 1 amide bonds. The number of amides is 1. The molecule has 1 unspecified atom stereocenters. The smallest absolute Gasteiger partial charge is 0.244 e. The lowest BCUT2D eigenvalue weighted by Gasteiger charge is -2.18. The number of rotatable bonds is 9. The van der Waals surface area contributed by atoms with E-state index in [0.29, 0.717) is 19.1 Å². The summed E-state index contributed by atoms with van der Waals surface area (Å²) in [5.41, 5.74) is 0.964. The van der Waals surface area contributed by atoms with E-state index < -0.39 is 0 Å². The standard InChI is InChI=1S/C18H27NO3/c1-5-22-17-9-6-15(7-10-17)8-11-18(20)19-16(13-21-4)12-14(2)3/h6-11,14,16H,5,12-13H2,1-4H3,(H,19,20)/b11-8+. The molecule has 1 aromatic carbocycles. The fourth-order valence-electron chi connectivity index (χ4n) is 2.20. The highest BCUT2D eigenvalue weighted by atomic mass is 16.5. The van der Waals surface area contributed by atoms with Gasteiger partial charge in [-0.15, -0.1) is 0 Å². The van der Waals surface area contributed by atoms with Crippen LogP contribution in [0.2, 0.25) is 0 Å². The lowest BCUT2D eigenvalue weighted by Crippen LogP contribution is -2.38. The monoisotopic (exact) mass is 305 g/mol. The minimum absolute atomic E-state index is 0.0440. The van der Waals surface area contributed by atoms with Gasteiger partial charge in [-0.25, -0.2) is 0 Å². The van der Waals surface area contributed by atoms with Crippen molar-refractivity contribution in [3.8, 4) is 5.75 Å². The quantitative estimate of drug-likeness (QED) is 0.712. The zero-order valence-electron chi connectivity index (χ0n) is 14.0. The van der Waals surface area contributed by atoms with Crippen molar-refractivity contribution < 1.29 is 14.3 Å². The van der Waals surface area contributed by atoms with E-state index in [4.69, 9.17) is 9.47 Å². The molecule has 0 aliphatic heterocycles. The van der Waals surface area contributed by atoms with E-state index >= 15 is 0 Å². The summed E-state index contributed by atoms with van der Waals surface area (Å²) in [6.45, 7) is 7.38. The zero-order valence-corrected chi connectivity index (χ0v) is 14.0. The van der Waals surface area contributed by atoms with E-state index in [-0.39, 0.29) is 11.9 Å². The van der Waals surface area contributed by atoms with E-state index in [9.17, 15) is 4.79 Å². The van der Waals surface area contributed by atoms with Gasteiger partial charge in [0.1, 0.15) is 5.75 Å². The van der Waals surface area contributed by atoms with Gasteiger partial charge in [-0.2, -0.15) is 0 Å². The van der Waals surface area contributed by atoms with Gasteiger partial charge in [-0.1, -0.05) is 26.0 Å². The second kappa shape index (κ2) is 10.0. The largest absolute Gasteiger partial charge is 0.494 e. The molecular weight excluding hydrogens is 278 g/mol. The number of ether oxygens (including phenoxy) is 2.